The predicted molar refractivity (Wildman–Crippen MR) is 299 cm³/mol. The molecule has 1 aromatic heterocycles. The number of fused-ring (bicyclic) bond motifs is 4. The van der Waals surface area contributed by atoms with Crippen molar-refractivity contribution in [1.29, 1.82) is 0 Å². The van der Waals surface area contributed by atoms with Crippen molar-refractivity contribution in [1.82, 2.24) is 0 Å². The summed E-state index contributed by atoms with van der Waals surface area (Å²) in [7, 11) is -9.06. The van der Waals surface area contributed by atoms with E-state index in [2.05, 4.69) is 250 Å². The van der Waals surface area contributed by atoms with Crippen LogP contribution >= 0.6 is 0 Å². The topological polar surface area (TPSA) is 40.8 Å². The zero-order valence-electron chi connectivity index (χ0n) is 43.1. The second-order valence-electron chi connectivity index (χ2n) is 23.1. The molecule has 0 spiro atoms. The Balaban J connectivity index is 1.27. The maximum absolute atomic E-state index is 8.51. The van der Waals surface area contributed by atoms with Gasteiger partial charge in [-0.15, -0.1) is 0 Å². The summed E-state index contributed by atoms with van der Waals surface area (Å²) in [5.74, 6) is 0.0998. The molecule has 0 saturated heterocycles. The molecule has 0 amide bonds. The Morgan fingerprint density at radius 2 is 0.857 bits per heavy atom. The van der Waals surface area contributed by atoms with Crippen LogP contribution < -0.4 is 31.1 Å². The van der Waals surface area contributed by atoms with Crippen LogP contribution in [-0.2, 0) is 19.7 Å². The molecule has 7 aromatic rings. The van der Waals surface area contributed by atoms with Gasteiger partial charge in [0.15, 0.2) is 0 Å². The number of hydrogen-bond acceptors (Lipinski definition) is 4. The van der Waals surface area contributed by atoms with Gasteiger partial charge in [0.2, 0.25) is 0 Å². The van der Waals surface area contributed by atoms with E-state index in [9.17, 15) is 0 Å². The summed E-state index contributed by atoms with van der Waals surface area (Å²) in [5, 5.41) is 7.07. The lowest BCUT2D eigenvalue weighted by atomic mass is 9.70. The minimum absolute atomic E-state index is 0.0998. The Hall–Kier alpha value is -5.13. The third-order valence-corrected chi connectivity index (χ3v) is 30.9. The highest BCUT2D eigenvalue weighted by atomic mass is 28.4. The Labute approximate surface area is 422 Å². The van der Waals surface area contributed by atoms with Gasteiger partial charge in [-0.2, -0.15) is 0 Å². The van der Waals surface area contributed by atoms with E-state index >= 15 is 0 Å². The summed E-state index contributed by atoms with van der Waals surface area (Å²) in [5.41, 5.74) is 3.34. The lowest BCUT2D eigenvalue weighted by molar-refractivity contribution is 0.0911. The molecule has 7 heteroatoms. The molecule has 2 aliphatic rings. The molecule has 6 aromatic carbocycles. The first-order chi connectivity index (χ1) is 33.6. The van der Waals surface area contributed by atoms with Crippen molar-refractivity contribution in [3.05, 3.63) is 217 Å². The van der Waals surface area contributed by atoms with E-state index in [0.717, 1.165) is 25.7 Å². The van der Waals surface area contributed by atoms with Crippen LogP contribution in [-0.4, -0.2) is 44.3 Å². The van der Waals surface area contributed by atoms with Gasteiger partial charge in [0, 0.05) is 24.5 Å². The lowest BCUT2D eigenvalue weighted by Crippen LogP contribution is -2.69. The van der Waals surface area contributed by atoms with E-state index < -0.39 is 30.4 Å². The van der Waals surface area contributed by atoms with Gasteiger partial charge >= 0.3 is 0 Å². The zero-order valence-corrected chi connectivity index (χ0v) is 46.1. The SMILES string of the molecule is CC(C)(C)[Si](OCC[C@@]1(CO[Si](c2ccccc2)(c2ccccc2)C(C)(C)C)Cc2cocc2[C@H]2CCC=C1[C@H]2O[Si](c1ccccc1)(c1ccccc1)C(C)(C)C)(c1ccccc1)c1ccccc1. The summed E-state index contributed by atoms with van der Waals surface area (Å²) in [6.07, 6.45) is 9.84. The molecular weight excluding hydrogens is 905 g/mol. The van der Waals surface area contributed by atoms with E-state index in [0.29, 0.717) is 13.2 Å². The molecule has 0 N–H and O–H groups in total. The fraction of sp³-hybridized carbons (Fsp3) is 0.333. The summed E-state index contributed by atoms with van der Waals surface area (Å²) in [6.45, 7) is 22.6. The summed E-state index contributed by atoms with van der Waals surface area (Å²) < 4.78 is 31.1. The van der Waals surface area contributed by atoms with Crippen molar-refractivity contribution in [3.8, 4) is 0 Å². The van der Waals surface area contributed by atoms with Gasteiger partial charge in [0.25, 0.3) is 25.0 Å². The summed E-state index contributed by atoms with van der Waals surface area (Å²) >= 11 is 0. The molecule has 70 heavy (non-hydrogen) atoms. The Kier molecular flexibility index (Phi) is 14.1. The molecule has 9 rings (SSSR count). The molecule has 1 heterocycles. The van der Waals surface area contributed by atoms with Gasteiger partial charge in [-0.1, -0.05) is 250 Å². The van der Waals surface area contributed by atoms with Gasteiger partial charge in [0.1, 0.15) is 0 Å². The van der Waals surface area contributed by atoms with Crippen LogP contribution in [0.1, 0.15) is 98.6 Å². The molecule has 3 atom stereocenters. The highest BCUT2D eigenvalue weighted by Gasteiger charge is 2.58. The van der Waals surface area contributed by atoms with Gasteiger partial charge in [-0.25, -0.2) is 0 Å². The lowest BCUT2D eigenvalue weighted by Gasteiger charge is -2.51. The zero-order chi connectivity index (χ0) is 49.3. The molecule has 0 saturated carbocycles. The average molecular weight is 980 g/mol. The normalized spacial score (nSPS) is 19.0. The standard InChI is InChI=1S/C63H74O4Si3/c1-60(2,3)68(50-29-16-10-17-30-50,51-31-18-11-19-32-51)65-44-43-63(48-66-69(61(4,5)6,52-33-20-12-21-34-52)53-35-22-13-23-36-53)45-49-46-64-47-57(49)56-41-28-42-58(63)59(56)67-70(62(7,8)9,54-37-24-14-25-38-54)55-39-26-15-27-40-55/h10-27,29-40,42,46-47,56,59H,28,41,43-45,48H2,1-9H3/t56-,59+,63+/m1/s1. The van der Waals surface area contributed by atoms with E-state index in [1.165, 1.54) is 47.8 Å². The Bertz CT molecular complexity index is 2690. The van der Waals surface area contributed by atoms with Gasteiger partial charge in [0.05, 0.1) is 18.6 Å². The minimum atomic E-state index is -3.09. The van der Waals surface area contributed by atoms with E-state index in [4.69, 9.17) is 17.7 Å². The van der Waals surface area contributed by atoms with Crippen molar-refractivity contribution in [3.63, 3.8) is 0 Å². The first kappa shape index (κ1) is 49.8. The number of benzene rings is 6. The quantitative estimate of drug-likeness (QED) is 0.0758. The maximum atomic E-state index is 8.51. The molecule has 2 bridgehead atoms. The Morgan fingerprint density at radius 1 is 0.486 bits per heavy atom. The van der Waals surface area contributed by atoms with Crippen LogP contribution in [0, 0.1) is 5.41 Å². The van der Waals surface area contributed by atoms with Crippen LogP contribution in [0.3, 0.4) is 0 Å². The van der Waals surface area contributed by atoms with Crippen LogP contribution in [0.25, 0.3) is 0 Å². The molecule has 0 radical (unpaired) electrons. The molecule has 0 aliphatic heterocycles. The predicted octanol–water partition coefficient (Wildman–Crippen LogP) is 12.1. The van der Waals surface area contributed by atoms with Crippen molar-refractivity contribution >= 4 is 56.1 Å². The highest BCUT2D eigenvalue weighted by Crippen LogP contribution is 2.54. The van der Waals surface area contributed by atoms with Crippen molar-refractivity contribution in [2.45, 2.75) is 115 Å². The van der Waals surface area contributed by atoms with Gasteiger partial charge < -0.3 is 17.7 Å². The van der Waals surface area contributed by atoms with Crippen LogP contribution in [0.4, 0.5) is 0 Å². The van der Waals surface area contributed by atoms with Crippen molar-refractivity contribution in [2.24, 2.45) is 5.41 Å². The van der Waals surface area contributed by atoms with E-state index in [-0.39, 0.29) is 27.1 Å². The Morgan fingerprint density at radius 3 is 1.24 bits per heavy atom. The van der Waals surface area contributed by atoms with Crippen molar-refractivity contribution in [2.75, 3.05) is 13.2 Å². The van der Waals surface area contributed by atoms with Gasteiger partial charge in [-0.05, 0) is 88.6 Å². The third kappa shape index (κ3) is 8.85. The first-order valence-corrected chi connectivity index (χ1v) is 31.3. The van der Waals surface area contributed by atoms with Crippen LogP contribution in [0.15, 0.2) is 211 Å². The van der Waals surface area contributed by atoms with Crippen LogP contribution in [0.5, 0.6) is 0 Å². The number of hydrogen-bond donors (Lipinski definition) is 0. The molecular formula is C63H74O4Si3. The number of allylic oxidation sites excluding steroid dienone is 1. The minimum Gasteiger partial charge on any atom is -0.472 e. The fourth-order valence-electron chi connectivity index (χ4n) is 12.6. The third-order valence-electron chi connectivity index (χ3n) is 15.8. The second kappa shape index (κ2) is 19.8. The molecule has 362 valence electrons. The van der Waals surface area contributed by atoms with Gasteiger partial charge in [-0.3, -0.25) is 0 Å². The summed E-state index contributed by atoms with van der Waals surface area (Å²) in [4.78, 5) is 0. The molecule has 0 unspecified atom stereocenters. The highest BCUT2D eigenvalue weighted by molar-refractivity contribution is 7.00. The van der Waals surface area contributed by atoms with Crippen molar-refractivity contribution < 1.29 is 17.7 Å². The smallest absolute Gasteiger partial charge is 0.261 e. The summed E-state index contributed by atoms with van der Waals surface area (Å²) in [6, 6.07) is 66.8. The van der Waals surface area contributed by atoms with E-state index in [1.807, 2.05) is 12.5 Å². The number of furan rings is 1. The number of rotatable bonds is 15. The fourth-order valence-corrected chi connectivity index (χ4v) is 26.5. The monoisotopic (exact) mass is 978 g/mol. The largest absolute Gasteiger partial charge is 0.472 e. The molecule has 2 aliphatic carbocycles. The maximum Gasteiger partial charge on any atom is 0.261 e. The molecule has 4 nitrogen and oxygen atoms in total. The van der Waals surface area contributed by atoms with E-state index in [1.54, 1.807) is 0 Å². The average Bonchev–Trinajstić information content (AvgIpc) is 3.81. The second-order valence-corrected chi connectivity index (χ2v) is 35.9. The molecule has 0 fully saturated rings. The van der Waals surface area contributed by atoms with Crippen LogP contribution in [0.2, 0.25) is 15.1 Å². The first-order valence-electron chi connectivity index (χ1n) is 25.6.